The number of hydrogen-bond acceptors (Lipinski definition) is 0. The van der Waals surface area contributed by atoms with E-state index >= 15 is 0 Å². The molecule has 0 saturated carbocycles. The summed E-state index contributed by atoms with van der Waals surface area (Å²) < 4.78 is 0. The van der Waals surface area contributed by atoms with Gasteiger partial charge in [0, 0.05) is 0 Å². The van der Waals surface area contributed by atoms with Crippen molar-refractivity contribution in [2.24, 2.45) is 0 Å². The van der Waals surface area contributed by atoms with Crippen molar-refractivity contribution in [3.8, 4) is 0 Å². The molecular formula is C15H20Si. The lowest BCUT2D eigenvalue weighted by Gasteiger charge is -2.21. The molecule has 0 bridgehead atoms. The number of aryl methyl sites for hydroxylation is 1. The van der Waals surface area contributed by atoms with Crippen LogP contribution in [-0.2, 0) is 6.42 Å². The largest absolute Gasteiger partial charge is 0.0779 e. The van der Waals surface area contributed by atoms with E-state index in [9.17, 15) is 0 Å². The van der Waals surface area contributed by atoms with Crippen molar-refractivity contribution < 1.29 is 0 Å². The SMILES string of the molecule is CCc1cc2ccccc2cc1[Si](C)(C)C. The summed E-state index contributed by atoms with van der Waals surface area (Å²) in [4.78, 5) is 0. The average molecular weight is 228 g/mol. The maximum Gasteiger partial charge on any atom is 0.0779 e. The Hall–Kier alpha value is -1.08. The second-order valence-electron chi connectivity index (χ2n) is 5.46. The van der Waals surface area contributed by atoms with Crippen LogP contribution in [-0.4, -0.2) is 8.07 Å². The van der Waals surface area contributed by atoms with Gasteiger partial charge in [-0.15, -0.1) is 0 Å². The summed E-state index contributed by atoms with van der Waals surface area (Å²) in [5, 5.41) is 4.38. The van der Waals surface area contributed by atoms with Crippen molar-refractivity contribution in [1.29, 1.82) is 0 Å². The van der Waals surface area contributed by atoms with Crippen molar-refractivity contribution >= 4 is 24.0 Å². The van der Waals surface area contributed by atoms with Gasteiger partial charge < -0.3 is 0 Å². The molecular weight excluding hydrogens is 208 g/mol. The first-order valence-corrected chi connectivity index (χ1v) is 9.54. The van der Waals surface area contributed by atoms with E-state index in [-0.39, 0.29) is 0 Å². The minimum Gasteiger partial charge on any atom is -0.0656 e. The molecule has 16 heavy (non-hydrogen) atoms. The molecule has 0 radical (unpaired) electrons. The van der Waals surface area contributed by atoms with Crippen molar-refractivity contribution in [1.82, 2.24) is 0 Å². The molecule has 2 rings (SSSR count). The highest BCUT2D eigenvalue weighted by molar-refractivity contribution is 6.89. The Balaban J connectivity index is 2.73. The molecule has 0 amide bonds. The highest BCUT2D eigenvalue weighted by Gasteiger charge is 2.19. The smallest absolute Gasteiger partial charge is 0.0656 e. The van der Waals surface area contributed by atoms with E-state index in [4.69, 9.17) is 0 Å². The molecule has 0 N–H and O–H groups in total. The summed E-state index contributed by atoms with van der Waals surface area (Å²) in [7, 11) is -1.22. The molecule has 84 valence electrons. The van der Waals surface area contributed by atoms with Crippen molar-refractivity contribution in [3.63, 3.8) is 0 Å². The van der Waals surface area contributed by atoms with E-state index in [0.29, 0.717) is 0 Å². The summed E-state index contributed by atoms with van der Waals surface area (Å²) in [5.41, 5.74) is 1.54. The third-order valence-corrected chi connectivity index (χ3v) is 5.24. The zero-order chi connectivity index (χ0) is 11.8. The lowest BCUT2D eigenvalue weighted by Crippen LogP contribution is -2.40. The van der Waals surface area contributed by atoms with E-state index in [0.717, 1.165) is 6.42 Å². The van der Waals surface area contributed by atoms with Gasteiger partial charge in [0.25, 0.3) is 0 Å². The summed E-state index contributed by atoms with van der Waals surface area (Å²) >= 11 is 0. The molecule has 0 aromatic heterocycles. The van der Waals surface area contributed by atoms with Crippen LogP contribution >= 0.6 is 0 Å². The van der Waals surface area contributed by atoms with Gasteiger partial charge in [-0.25, -0.2) is 0 Å². The normalized spacial score (nSPS) is 12.0. The molecule has 0 saturated heterocycles. The number of rotatable bonds is 2. The second kappa shape index (κ2) is 4.06. The highest BCUT2D eigenvalue weighted by Crippen LogP contribution is 2.18. The molecule has 0 fully saturated rings. The lowest BCUT2D eigenvalue weighted by atomic mass is 10.1. The third-order valence-electron chi connectivity index (χ3n) is 3.16. The Morgan fingerprint density at radius 1 is 0.938 bits per heavy atom. The van der Waals surface area contributed by atoms with Crippen LogP contribution in [0, 0.1) is 0 Å². The Labute approximate surface area is 99.3 Å². The molecule has 0 atom stereocenters. The molecule has 0 aliphatic rings. The van der Waals surface area contributed by atoms with Crippen LogP contribution < -0.4 is 5.19 Å². The number of hydrogen-bond donors (Lipinski definition) is 0. The number of fused-ring (bicyclic) bond motifs is 1. The standard InChI is InChI=1S/C15H20Si/c1-5-12-10-13-8-6-7-9-14(13)11-15(12)16(2,3)4/h6-11H,5H2,1-4H3. The van der Waals surface area contributed by atoms with Gasteiger partial charge in [0.15, 0.2) is 0 Å². The fourth-order valence-corrected chi connectivity index (χ4v) is 4.08. The molecule has 2 aromatic carbocycles. The first-order chi connectivity index (χ1) is 7.52. The van der Waals surface area contributed by atoms with E-state index < -0.39 is 8.07 Å². The van der Waals surface area contributed by atoms with Crippen LogP contribution in [0.2, 0.25) is 19.6 Å². The summed E-state index contributed by atoms with van der Waals surface area (Å²) in [6.07, 6.45) is 1.14. The minimum atomic E-state index is -1.22. The zero-order valence-corrected chi connectivity index (χ0v) is 11.7. The summed E-state index contributed by atoms with van der Waals surface area (Å²) in [6, 6.07) is 13.5. The van der Waals surface area contributed by atoms with Crippen LogP contribution in [0.15, 0.2) is 36.4 Å². The van der Waals surface area contributed by atoms with Crippen molar-refractivity contribution in [2.75, 3.05) is 0 Å². The van der Waals surface area contributed by atoms with Gasteiger partial charge in [0.1, 0.15) is 0 Å². The topological polar surface area (TPSA) is 0 Å². The molecule has 0 aliphatic heterocycles. The Bertz CT molecular complexity index is 506. The van der Waals surface area contributed by atoms with Crippen LogP contribution in [0.1, 0.15) is 12.5 Å². The predicted molar refractivity (Wildman–Crippen MR) is 76.3 cm³/mol. The molecule has 2 aromatic rings. The fourth-order valence-electron chi connectivity index (χ4n) is 2.28. The van der Waals surface area contributed by atoms with E-state index in [2.05, 4.69) is 63.0 Å². The van der Waals surface area contributed by atoms with Crippen molar-refractivity contribution in [3.05, 3.63) is 42.0 Å². The van der Waals surface area contributed by atoms with Gasteiger partial charge in [0.05, 0.1) is 8.07 Å². The molecule has 0 heterocycles. The van der Waals surface area contributed by atoms with Gasteiger partial charge in [-0.2, -0.15) is 0 Å². The molecule has 0 spiro atoms. The van der Waals surface area contributed by atoms with Crippen LogP contribution in [0.3, 0.4) is 0 Å². The van der Waals surface area contributed by atoms with Gasteiger partial charge in [-0.1, -0.05) is 68.1 Å². The second-order valence-corrected chi connectivity index (χ2v) is 10.5. The maximum absolute atomic E-state index is 2.43. The molecule has 0 aliphatic carbocycles. The van der Waals surface area contributed by atoms with Gasteiger partial charge in [-0.05, 0) is 22.8 Å². The minimum absolute atomic E-state index is 1.14. The quantitative estimate of drug-likeness (QED) is 0.683. The molecule has 0 unspecified atom stereocenters. The van der Waals surface area contributed by atoms with Crippen LogP contribution in [0.25, 0.3) is 10.8 Å². The van der Waals surface area contributed by atoms with Gasteiger partial charge in [-0.3, -0.25) is 0 Å². The average Bonchev–Trinajstić information content (AvgIpc) is 2.26. The maximum atomic E-state index is 2.43. The first-order valence-electron chi connectivity index (χ1n) is 6.04. The Morgan fingerprint density at radius 2 is 1.50 bits per heavy atom. The van der Waals surface area contributed by atoms with Gasteiger partial charge >= 0.3 is 0 Å². The highest BCUT2D eigenvalue weighted by atomic mass is 28.3. The Morgan fingerprint density at radius 3 is 2.00 bits per heavy atom. The summed E-state index contributed by atoms with van der Waals surface area (Å²) in [6.45, 7) is 9.54. The molecule has 0 nitrogen and oxygen atoms in total. The summed E-state index contributed by atoms with van der Waals surface area (Å²) in [5.74, 6) is 0. The zero-order valence-electron chi connectivity index (χ0n) is 10.7. The van der Waals surface area contributed by atoms with E-state index in [1.807, 2.05) is 0 Å². The van der Waals surface area contributed by atoms with E-state index in [1.165, 1.54) is 16.3 Å². The van der Waals surface area contributed by atoms with Crippen LogP contribution in [0.5, 0.6) is 0 Å². The fraction of sp³-hybridized carbons (Fsp3) is 0.333. The van der Waals surface area contributed by atoms with Gasteiger partial charge in [0.2, 0.25) is 0 Å². The molecule has 1 heteroatoms. The first kappa shape index (κ1) is 11.4. The van der Waals surface area contributed by atoms with E-state index in [1.54, 1.807) is 5.19 Å². The van der Waals surface area contributed by atoms with Crippen LogP contribution in [0.4, 0.5) is 0 Å². The Kier molecular flexibility index (Phi) is 2.89. The predicted octanol–water partition coefficient (Wildman–Crippen LogP) is 3.95. The third kappa shape index (κ3) is 2.05. The van der Waals surface area contributed by atoms with Crippen molar-refractivity contribution in [2.45, 2.75) is 33.0 Å². The monoisotopic (exact) mass is 228 g/mol. The number of benzene rings is 2. The lowest BCUT2D eigenvalue weighted by molar-refractivity contribution is 1.16.